The van der Waals surface area contributed by atoms with Crippen molar-refractivity contribution in [2.24, 2.45) is 0 Å². The van der Waals surface area contributed by atoms with Crippen molar-refractivity contribution in [2.75, 3.05) is 54.1 Å². The maximum atomic E-state index is 14.2. The number of hydrogen-bond donors (Lipinski definition) is 2. The maximum absolute atomic E-state index is 14.2. The Morgan fingerprint density at radius 1 is 1.12 bits per heavy atom. The summed E-state index contributed by atoms with van der Waals surface area (Å²) in [5.41, 5.74) is 1.58. The van der Waals surface area contributed by atoms with Crippen LogP contribution in [0.5, 0.6) is 5.75 Å². The van der Waals surface area contributed by atoms with Crippen LogP contribution in [0.15, 0.2) is 60.9 Å². The number of nitrogens with one attached hydrogen (secondary N) is 1. The number of amides is 2. The highest BCUT2D eigenvalue weighted by atomic mass is 16.5. The zero-order valence-corrected chi connectivity index (χ0v) is 25.4. The molecule has 3 aromatic rings. The molecule has 2 N–H and O–H groups in total. The molecular formula is C33H43N5O5. The molecule has 0 spiro atoms. The molecule has 5 rings (SSSR count). The minimum absolute atomic E-state index is 0.0573. The third-order valence-corrected chi connectivity index (χ3v) is 8.57. The Hall–Kier alpha value is -3.73. The van der Waals surface area contributed by atoms with E-state index in [1.165, 1.54) is 0 Å². The molecule has 0 bridgehead atoms. The van der Waals surface area contributed by atoms with Crippen molar-refractivity contribution >= 4 is 11.8 Å². The quantitative estimate of drug-likeness (QED) is 0.372. The summed E-state index contributed by atoms with van der Waals surface area (Å²) >= 11 is 0. The Morgan fingerprint density at radius 2 is 1.88 bits per heavy atom. The van der Waals surface area contributed by atoms with Crippen molar-refractivity contribution in [3.63, 3.8) is 0 Å². The second-order valence-electron chi connectivity index (χ2n) is 11.7. The van der Waals surface area contributed by atoms with E-state index in [4.69, 9.17) is 14.5 Å². The largest absolute Gasteiger partial charge is 0.494 e. The van der Waals surface area contributed by atoms with Crippen LogP contribution in [0.1, 0.15) is 59.0 Å². The van der Waals surface area contributed by atoms with Crippen LogP contribution in [0.25, 0.3) is 11.3 Å². The number of methoxy groups -OCH3 is 1. The Balaban J connectivity index is 1.36. The van der Waals surface area contributed by atoms with Crippen molar-refractivity contribution in [3.8, 4) is 17.0 Å². The van der Waals surface area contributed by atoms with Crippen LogP contribution in [0, 0.1) is 0 Å². The van der Waals surface area contributed by atoms with E-state index in [1.807, 2.05) is 39.8 Å². The molecule has 0 unspecified atom stereocenters. The lowest BCUT2D eigenvalue weighted by Gasteiger charge is -2.41. The fourth-order valence-corrected chi connectivity index (χ4v) is 6.34. The minimum Gasteiger partial charge on any atom is -0.494 e. The number of piperazine rings is 1. The molecule has 1 aliphatic carbocycles. The summed E-state index contributed by atoms with van der Waals surface area (Å²) in [5.74, 6) is 0.498. The predicted molar refractivity (Wildman–Crippen MR) is 164 cm³/mol. The average Bonchev–Trinajstić information content (AvgIpc) is 3.46. The van der Waals surface area contributed by atoms with E-state index < -0.39 is 5.60 Å². The van der Waals surface area contributed by atoms with Gasteiger partial charge >= 0.3 is 0 Å². The topological polar surface area (TPSA) is 109 Å². The van der Waals surface area contributed by atoms with Crippen molar-refractivity contribution in [1.29, 1.82) is 0 Å². The van der Waals surface area contributed by atoms with Crippen molar-refractivity contribution in [3.05, 3.63) is 72.2 Å². The molecule has 1 aromatic heterocycles. The fraction of sp³-hybridized carbons (Fsp3) is 0.485. The van der Waals surface area contributed by atoms with E-state index in [0.29, 0.717) is 56.1 Å². The predicted octanol–water partition coefficient (Wildman–Crippen LogP) is 3.63. The van der Waals surface area contributed by atoms with Gasteiger partial charge in [-0.2, -0.15) is 0 Å². The SMILES string of the molecule is COC[C@]1(O)CCCC[C@H]1n1cnc(C(=O)N2CCNC[C@H]2CCOc2ccc(C(=O)N(C)C)cc2)c1-c1ccccc1. The zero-order chi connectivity index (χ0) is 30.4. The smallest absolute Gasteiger partial charge is 0.275 e. The van der Waals surface area contributed by atoms with Gasteiger partial charge in [-0.25, -0.2) is 4.98 Å². The first-order valence-electron chi connectivity index (χ1n) is 15.1. The summed E-state index contributed by atoms with van der Waals surface area (Å²) in [7, 11) is 5.06. The monoisotopic (exact) mass is 589 g/mol. The van der Waals surface area contributed by atoms with E-state index in [0.717, 1.165) is 30.5 Å². The zero-order valence-electron chi connectivity index (χ0n) is 25.4. The lowest BCUT2D eigenvalue weighted by molar-refractivity contribution is -0.0893. The molecule has 2 heterocycles. The van der Waals surface area contributed by atoms with E-state index in [9.17, 15) is 14.7 Å². The fourth-order valence-electron chi connectivity index (χ4n) is 6.34. The van der Waals surface area contributed by atoms with Gasteiger partial charge in [0.25, 0.3) is 11.8 Å². The second kappa shape index (κ2) is 13.7. The number of nitrogens with zero attached hydrogens (tertiary/aromatic N) is 4. The summed E-state index contributed by atoms with van der Waals surface area (Å²) in [6.07, 6.45) is 5.69. The van der Waals surface area contributed by atoms with Gasteiger partial charge in [-0.15, -0.1) is 0 Å². The molecular weight excluding hydrogens is 546 g/mol. The number of aliphatic hydroxyl groups is 1. The maximum Gasteiger partial charge on any atom is 0.275 e. The van der Waals surface area contributed by atoms with Crippen molar-refractivity contribution in [2.45, 2.75) is 49.8 Å². The molecule has 10 heteroatoms. The number of carbonyl (C=O) groups excluding carboxylic acids is 2. The lowest BCUT2D eigenvalue weighted by atomic mass is 9.80. The Labute approximate surface area is 253 Å². The number of aromatic nitrogens is 2. The molecule has 2 aromatic carbocycles. The molecule has 1 aliphatic heterocycles. The Morgan fingerprint density at radius 3 is 2.60 bits per heavy atom. The van der Waals surface area contributed by atoms with Gasteiger partial charge < -0.3 is 34.3 Å². The lowest BCUT2D eigenvalue weighted by Crippen LogP contribution is -2.54. The molecule has 10 nitrogen and oxygen atoms in total. The van der Waals surface area contributed by atoms with Crippen molar-refractivity contribution < 1.29 is 24.2 Å². The molecule has 1 saturated heterocycles. The van der Waals surface area contributed by atoms with Crippen LogP contribution < -0.4 is 10.1 Å². The van der Waals surface area contributed by atoms with Gasteiger partial charge in [0.15, 0.2) is 5.69 Å². The molecule has 2 fully saturated rings. The number of ether oxygens (including phenoxy) is 2. The number of rotatable bonds is 10. The van der Waals surface area contributed by atoms with Crippen LogP contribution in [0.2, 0.25) is 0 Å². The van der Waals surface area contributed by atoms with Gasteiger partial charge in [0, 0.05) is 64.4 Å². The van der Waals surface area contributed by atoms with Crippen LogP contribution in [-0.4, -0.2) is 102 Å². The van der Waals surface area contributed by atoms with E-state index in [1.54, 1.807) is 56.7 Å². The summed E-state index contributed by atoms with van der Waals surface area (Å²) in [6.45, 7) is 2.55. The van der Waals surface area contributed by atoms with Gasteiger partial charge in [0.1, 0.15) is 11.4 Å². The molecule has 230 valence electrons. The Bertz CT molecular complexity index is 1370. The Kier molecular flexibility index (Phi) is 9.79. The number of carbonyl (C=O) groups is 2. The molecule has 2 aliphatic rings. The minimum atomic E-state index is -1.04. The molecule has 3 atom stereocenters. The standard InChI is InChI=1S/C33H43N5O5/c1-36(2)31(39)25-12-14-27(15-13-25)43-20-16-26-21-34-18-19-37(26)32(40)29-30(24-9-5-4-6-10-24)38(23-35-29)28-11-7-8-17-33(28,41)22-42-3/h4-6,9-10,12-15,23,26,28,34,41H,7-8,11,16-22H2,1-3H3/t26-,28-,33-/m1/s1. The number of benzene rings is 2. The highest BCUT2D eigenvalue weighted by molar-refractivity contribution is 5.98. The van der Waals surface area contributed by atoms with E-state index in [2.05, 4.69) is 5.32 Å². The van der Waals surface area contributed by atoms with Gasteiger partial charge in [-0.05, 0) is 37.1 Å². The third-order valence-electron chi connectivity index (χ3n) is 8.57. The first-order chi connectivity index (χ1) is 20.8. The summed E-state index contributed by atoms with van der Waals surface area (Å²) < 4.78 is 13.5. The molecule has 2 amide bonds. The first-order valence-corrected chi connectivity index (χ1v) is 15.1. The summed E-state index contributed by atoms with van der Waals surface area (Å²) in [5, 5.41) is 15.1. The number of hydrogen-bond acceptors (Lipinski definition) is 7. The summed E-state index contributed by atoms with van der Waals surface area (Å²) in [6, 6.07) is 16.6. The van der Waals surface area contributed by atoms with Crippen LogP contribution in [0.4, 0.5) is 0 Å². The highest BCUT2D eigenvalue weighted by Crippen LogP contribution is 2.41. The van der Waals surface area contributed by atoms with Gasteiger partial charge in [0.05, 0.1) is 31.3 Å². The second-order valence-corrected chi connectivity index (χ2v) is 11.7. The first kappa shape index (κ1) is 30.7. The third kappa shape index (κ3) is 6.76. The van der Waals surface area contributed by atoms with E-state index in [-0.39, 0.29) is 30.5 Å². The van der Waals surface area contributed by atoms with Gasteiger partial charge in [0.2, 0.25) is 0 Å². The molecule has 0 radical (unpaired) electrons. The molecule has 1 saturated carbocycles. The van der Waals surface area contributed by atoms with Crippen LogP contribution >= 0.6 is 0 Å². The van der Waals surface area contributed by atoms with Crippen LogP contribution in [0.3, 0.4) is 0 Å². The van der Waals surface area contributed by atoms with Crippen molar-refractivity contribution in [1.82, 2.24) is 24.7 Å². The van der Waals surface area contributed by atoms with Gasteiger partial charge in [-0.3, -0.25) is 9.59 Å². The normalized spacial score (nSPS) is 22.3. The van der Waals surface area contributed by atoms with Gasteiger partial charge in [-0.1, -0.05) is 43.2 Å². The highest BCUT2D eigenvalue weighted by Gasteiger charge is 2.42. The number of imidazole rings is 1. The average molecular weight is 590 g/mol. The van der Waals surface area contributed by atoms with Crippen LogP contribution in [-0.2, 0) is 4.74 Å². The molecule has 43 heavy (non-hydrogen) atoms. The van der Waals surface area contributed by atoms with E-state index >= 15 is 0 Å². The summed E-state index contributed by atoms with van der Waals surface area (Å²) in [4.78, 5) is 34.6.